The molecule has 0 amide bonds. The Morgan fingerprint density at radius 1 is 1.31 bits per heavy atom. The van der Waals surface area contributed by atoms with E-state index < -0.39 is 0 Å². The lowest BCUT2D eigenvalue weighted by Gasteiger charge is -2.13. The van der Waals surface area contributed by atoms with Crippen LogP contribution in [0.1, 0.15) is 18.9 Å². The molecule has 0 radical (unpaired) electrons. The predicted octanol–water partition coefficient (Wildman–Crippen LogP) is 2.65. The summed E-state index contributed by atoms with van der Waals surface area (Å²) in [6.45, 7) is 3.12. The van der Waals surface area contributed by atoms with Gasteiger partial charge in [0.05, 0.1) is 6.10 Å². The summed E-state index contributed by atoms with van der Waals surface area (Å²) in [7, 11) is 0. The first kappa shape index (κ1) is 8.76. The van der Waals surface area contributed by atoms with Gasteiger partial charge in [0, 0.05) is 6.61 Å². The summed E-state index contributed by atoms with van der Waals surface area (Å²) in [5.74, 6) is 0.724. The lowest BCUT2D eigenvalue weighted by Crippen LogP contribution is -2.13. The van der Waals surface area contributed by atoms with Crippen LogP contribution in [0, 0.1) is 5.92 Å². The van der Waals surface area contributed by atoms with Gasteiger partial charge in [-0.1, -0.05) is 30.3 Å². The second-order valence-corrected chi connectivity index (χ2v) is 3.81. The molecule has 0 N–H and O–H groups in total. The summed E-state index contributed by atoms with van der Waals surface area (Å²) in [5.41, 5.74) is 1.44. The third kappa shape index (κ3) is 2.10. The van der Waals surface area contributed by atoms with Crippen molar-refractivity contribution >= 4 is 0 Å². The second-order valence-electron chi connectivity index (χ2n) is 3.81. The van der Waals surface area contributed by atoms with Crippen molar-refractivity contribution in [1.82, 2.24) is 0 Å². The molecular weight excluding hydrogens is 160 g/mol. The molecule has 0 saturated carbocycles. The summed E-state index contributed by atoms with van der Waals surface area (Å²) in [4.78, 5) is 0. The smallest absolute Gasteiger partial charge is 0.0579 e. The topological polar surface area (TPSA) is 9.23 Å². The lowest BCUT2D eigenvalue weighted by atomic mass is 9.94. The highest BCUT2D eigenvalue weighted by atomic mass is 16.5. The van der Waals surface area contributed by atoms with Crippen LogP contribution < -0.4 is 0 Å². The van der Waals surface area contributed by atoms with Crippen LogP contribution in [0.15, 0.2) is 30.3 Å². The molecule has 0 aromatic heterocycles. The van der Waals surface area contributed by atoms with Gasteiger partial charge in [0.15, 0.2) is 0 Å². The molecule has 1 nitrogen and oxygen atoms in total. The largest absolute Gasteiger partial charge is 0.378 e. The van der Waals surface area contributed by atoms with Gasteiger partial charge in [0.25, 0.3) is 0 Å². The predicted molar refractivity (Wildman–Crippen MR) is 53.7 cm³/mol. The van der Waals surface area contributed by atoms with Crippen LogP contribution >= 0.6 is 0 Å². The van der Waals surface area contributed by atoms with E-state index >= 15 is 0 Å². The minimum atomic E-state index is 0.445. The third-order valence-corrected chi connectivity index (χ3v) is 2.87. The Morgan fingerprint density at radius 3 is 2.69 bits per heavy atom. The first-order chi connectivity index (χ1) is 6.36. The Bertz CT molecular complexity index is 255. The number of rotatable bonds is 2. The summed E-state index contributed by atoms with van der Waals surface area (Å²) in [6, 6.07) is 10.7. The minimum absolute atomic E-state index is 0.445. The average molecular weight is 176 g/mol. The van der Waals surface area contributed by atoms with E-state index in [0.29, 0.717) is 6.10 Å². The molecule has 2 atom stereocenters. The van der Waals surface area contributed by atoms with Crippen molar-refractivity contribution in [3.05, 3.63) is 35.9 Å². The van der Waals surface area contributed by atoms with Crippen LogP contribution in [0.5, 0.6) is 0 Å². The van der Waals surface area contributed by atoms with Crippen molar-refractivity contribution in [2.75, 3.05) is 6.61 Å². The van der Waals surface area contributed by atoms with E-state index in [2.05, 4.69) is 37.3 Å². The lowest BCUT2D eigenvalue weighted by molar-refractivity contribution is 0.106. The molecule has 1 heteroatoms. The Morgan fingerprint density at radius 2 is 2.08 bits per heavy atom. The highest BCUT2D eigenvalue weighted by Crippen LogP contribution is 2.24. The molecule has 1 aliphatic heterocycles. The van der Waals surface area contributed by atoms with Gasteiger partial charge >= 0.3 is 0 Å². The molecule has 1 aromatic carbocycles. The molecule has 2 rings (SSSR count). The average Bonchev–Trinajstić information content (AvgIpc) is 2.54. The van der Waals surface area contributed by atoms with Crippen LogP contribution in [-0.4, -0.2) is 12.7 Å². The summed E-state index contributed by atoms with van der Waals surface area (Å²) in [6.07, 6.45) is 2.83. The maximum atomic E-state index is 5.54. The molecule has 0 spiro atoms. The van der Waals surface area contributed by atoms with Gasteiger partial charge in [0.2, 0.25) is 0 Å². The highest BCUT2D eigenvalue weighted by Gasteiger charge is 2.23. The normalized spacial score (nSPS) is 27.8. The standard InChI is InChI=1S/C12H16O/c1-10-12(7-8-13-10)9-11-5-3-2-4-6-11/h2-6,10,12H,7-9H2,1H3/t10-,12-/m0/s1. The molecule has 13 heavy (non-hydrogen) atoms. The maximum absolute atomic E-state index is 5.54. The summed E-state index contributed by atoms with van der Waals surface area (Å²) in [5, 5.41) is 0. The quantitative estimate of drug-likeness (QED) is 0.673. The molecular formula is C12H16O. The van der Waals surface area contributed by atoms with Crippen LogP contribution in [0.4, 0.5) is 0 Å². The first-order valence-electron chi connectivity index (χ1n) is 5.02. The zero-order valence-corrected chi connectivity index (χ0v) is 8.07. The molecule has 1 aromatic rings. The molecule has 1 fully saturated rings. The van der Waals surface area contributed by atoms with E-state index in [1.807, 2.05) is 0 Å². The molecule has 1 saturated heterocycles. The SMILES string of the molecule is C[C@@H]1OCC[C@H]1Cc1ccccc1. The molecule has 1 aliphatic rings. The molecule has 70 valence electrons. The van der Waals surface area contributed by atoms with Crippen LogP contribution in [0.2, 0.25) is 0 Å². The Balaban J connectivity index is 1.98. The van der Waals surface area contributed by atoms with Crippen LogP contribution in [0.25, 0.3) is 0 Å². The van der Waals surface area contributed by atoms with Crippen molar-refractivity contribution in [3.8, 4) is 0 Å². The van der Waals surface area contributed by atoms with E-state index in [4.69, 9.17) is 4.74 Å². The van der Waals surface area contributed by atoms with E-state index in [1.165, 1.54) is 18.4 Å². The fraction of sp³-hybridized carbons (Fsp3) is 0.500. The molecule has 0 unspecified atom stereocenters. The van der Waals surface area contributed by atoms with Gasteiger partial charge in [-0.15, -0.1) is 0 Å². The second kappa shape index (κ2) is 3.93. The van der Waals surface area contributed by atoms with Crippen LogP contribution in [-0.2, 0) is 11.2 Å². The zero-order valence-electron chi connectivity index (χ0n) is 8.07. The van der Waals surface area contributed by atoms with Crippen LogP contribution in [0.3, 0.4) is 0 Å². The monoisotopic (exact) mass is 176 g/mol. The fourth-order valence-corrected chi connectivity index (χ4v) is 1.96. The highest BCUT2D eigenvalue weighted by molar-refractivity contribution is 5.15. The summed E-state index contributed by atoms with van der Waals surface area (Å²) < 4.78 is 5.54. The molecule has 0 bridgehead atoms. The minimum Gasteiger partial charge on any atom is -0.378 e. The molecule has 1 heterocycles. The number of hydrogen-bond donors (Lipinski definition) is 0. The van der Waals surface area contributed by atoms with Crippen molar-refractivity contribution in [3.63, 3.8) is 0 Å². The van der Waals surface area contributed by atoms with Crippen molar-refractivity contribution < 1.29 is 4.74 Å². The van der Waals surface area contributed by atoms with Gasteiger partial charge in [-0.3, -0.25) is 0 Å². The van der Waals surface area contributed by atoms with Crippen molar-refractivity contribution in [2.45, 2.75) is 25.9 Å². The number of hydrogen-bond acceptors (Lipinski definition) is 1. The zero-order chi connectivity index (χ0) is 9.10. The Hall–Kier alpha value is -0.820. The van der Waals surface area contributed by atoms with Gasteiger partial charge in [0.1, 0.15) is 0 Å². The summed E-state index contributed by atoms with van der Waals surface area (Å²) >= 11 is 0. The number of ether oxygens (including phenoxy) is 1. The van der Waals surface area contributed by atoms with E-state index in [1.54, 1.807) is 0 Å². The first-order valence-corrected chi connectivity index (χ1v) is 5.02. The van der Waals surface area contributed by atoms with Gasteiger partial charge in [-0.05, 0) is 31.2 Å². The Kier molecular flexibility index (Phi) is 2.65. The van der Waals surface area contributed by atoms with Gasteiger partial charge < -0.3 is 4.74 Å². The molecule has 0 aliphatic carbocycles. The fourth-order valence-electron chi connectivity index (χ4n) is 1.96. The van der Waals surface area contributed by atoms with E-state index in [-0.39, 0.29) is 0 Å². The third-order valence-electron chi connectivity index (χ3n) is 2.87. The van der Waals surface area contributed by atoms with Crippen molar-refractivity contribution in [2.24, 2.45) is 5.92 Å². The van der Waals surface area contributed by atoms with E-state index in [0.717, 1.165) is 12.5 Å². The maximum Gasteiger partial charge on any atom is 0.0579 e. The number of benzene rings is 1. The van der Waals surface area contributed by atoms with E-state index in [9.17, 15) is 0 Å². The Labute approximate surface area is 79.7 Å². The van der Waals surface area contributed by atoms with Gasteiger partial charge in [-0.2, -0.15) is 0 Å². The van der Waals surface area contributed by atoms with Gasteiger partial charge in [-0.25, -0.2) is 0 Å². The van der Waals surface area contributed by atoms with Crippen molar-refractivity contribution in [1.29, 1.82) is 0 Å².